The van der Waals surface area contributed by atoms with E-state index in [4.69, 9.17) is 0 Å². The molecule has 0 saturated carbocycles. The smallest absolute Gasteiger partial charge is 0.0952 e. The van der Waals surface area contributed by atoms with Gasteiger partial charge in [0, 0.05) is 0 Å². The second kappa shape index (κ2) is 2.79. The molecule has 2 heterocycles. The minimum absolute atomic E-state index is 0.538. The van der Waals surface area contributed by atoms with Crippen LogP contribution in [0.15, 0.2) is 54.6 Å². The van der Waals surface area contributed by atoms with Crippen molar-refractivity contribution in [2.24, 2.45) is 0 Å². The lowest BCUT2D eigenvalue weighted by Crippen LogP contribution is -2.41. The molecule has 1 aromatic heterocycles. The topological polar surface area (TPSA) is 9.86 Å². The SMILES string of the molecule is c1ccc(C2Cn3c4ccccc4n32)cc1. The summed E-state index contributed by atoms with van der Waals surface area (Å²) in [7, 11) is 0. The molecular weight excluding hydrogens is 196 g/mol. The van der Waals surface area contributed by atoms with Crippen molar-refractivity contribution in [2.75, 3.05) is 0 Å². The van der Waals surface area contributed by atoms with Crippen LogP contribution in [0.4, 0.5) is 0 Å². The van der Waals surface area contributed by atoms with Gasteiger partial charge in [-0.25, -0.2) is 0 Å². The number of fused-ring (bicyclic) bond motifs is 4. The largest absolute Gasteiger partial charge is 0.280 e. The molecule has 0 amide bonds. The Hall–Kier alpha value is -1.96. The summed E-state index contributed by atoms with van der Waals surface area (Å²) < 4.78 is 4.72. The Labute approximate surface area is 93.7 Å². The Balaban J connectivity index is 1.83. The average molecular weight is 208 g/mol. The summed E-state index contributed by atoms with van der Waals surface area (Å²) in [6.07, 6.45) is 0. The van der Waals surface area contributed by atoms with E-state index in [1.165, 1.54) is 16.6 Å². The van der Waals surface area contributed by atoms with Crippen LogP contribution >= 0.6 is 0 Å². The van der Waals surface area contributed by atoms with Crippen LogP contribution in [0, 0.1) is 0 Å². The Kier molecular flexibility index (Phi) is 1.43. The molecule has 4 rings (SSSR count). The van der Waals surface area contributed by atoms with E-state index in [1.54, 1.807) is 0 Å². The van der Waals surface area contributed by atoms with Gasteiger partial charge in [-0.1, -0.05) is 42.5 Å². The minimum Gasteiger partial charge on any atom is -0.280 e. The molecule has 1 unspecified atom stereocenters. The monoisotopic (exact) mass is 208 g/mol. The van der Waals surface area contributed by atoms with Gasteiger partial charge in [-0.2, -0.15) is 0 Å². The first-order valence-corrected chi connectivity index (χ1v) is 5.66. The third-order valence-electron chi connectivity index (χ3n) is 3.49. The van der Waals surface area contributed by atoms with Crippen molar-refractivity contribution in [3.63, 3.8) is 0 Å². The van der Waals surface area contributed by atoms with Gasteiger partial charge in [0.1, 0.15) is 0 Å². The van der Waals surface area contributed by atoms with Crippen molar-refractivity contribution in [1.82, 2.24) is 9.36 Å². The van der Waals surface area contributed by atoms with Crippen LogP contribution in [-0.4, -0.2) is 9.36 Å². The molecule has 1 aliphatic rings. The first-order chi connectivity index (χ1) is 7.95. The van der Waals surface area contributed by atoms with Crippen molar-refractivity contribution >= 4 is 11.0 Å². The molecule has 0 radical (unpaired) electrons. The maximum Gasteiger partial charge on any atom is 0.0952 e. The number of rotatable bonds is 1. The van der Waals surface area contributed by atoms with Crippen molar-refractivity contribution in [1.29, 1.82) is 0 Å². The van der Waals surface area contributed by atoms with Gasteiger partial charge < -0.3 is 0 Å². The summed E-state index contributed by atoms with van der Waals surface area (Å²) in [5.74, 6) is 0. The van der Waals surface area contributed by atoms with Crippen LogP contribution < -0.4 is 0 Å². The van der Waals surface area contributed by atoms with E-state index in [1.807, 2.05) is 0 Å². The molecule has 2 heteroatoms. The minimum atomic E-state index is 0.538. The average Bonchev–Trinajstić information content (AvgIpc) is 2.31. The Morgan fingerprint density at radius 2 is 1.50 bits per heavy atom. The zero-order chi connectivity index (χ0) is 10.5. The molecule has 0 spiro atoms. The fourth-order valence-corrected chi connectivity index (χ4v) is 2.67. The fourth-order valence-electron chi connectivity index (χ4n) is 2.67. The standard InChI is InChI=1S/C14H12N2/c1-2-6-11(7-3-1)14-10-15-12-8-4-5-9-13(12)16(14)15/h1-9,14H,10H2. The van der Waals surface area contributed by atoms with Gasteiger partial charge in [-0.05, 0) is 17.7 Å². The van der Waals surface area contributed by atoms with Gasteiger partial charge in [0.25, 0.3) is 0 Å². The molecule has 2 aromatic carbocycles. The fraction of sp³-hybridized carbons (Fsp3) is 0.143. The van der Waals surface area contributed by atoms with E-state index >= 15 is 0 Å². The molecule has 0 fully saturated rings. The van der Waals surface area contributed by atoms with Gasteiger partial charge >= 0.3 is 0 Å². The summed E-state index contributed by atoms with van der Waals surface area (Å²) in [4.78, 5) is 0. The molecule has 0 saturated heterocycles. The summed E-state index contributed by atoms with van der Waals surface area (Å²) in [6, 6.07) is 19.9. The first-order valence-electron chi connectivity index (χ1n) is 5.66. The number of benzene rings is 2. The van der Waals surface area contributed by atoms with Crippen LogP contribution in [0.2, 0.25) is 0 Å². The third-order valence-corrected chi connectivity index (χ3v) is 3.49. The Bertz CT molecular complexity index is 646. The van der Waals surface area contributed by atoms with Crippen LogP contribution in [0.5, 0.6) is 0 Å². The zero-order valence-corrected chi connectivity index (χ0v) is 8.88. The highest BCUT2D eigenvalue weighted by atomic mass is 15.5. The Morgan fingerprint density at radius 3 is 2.31 bits per heavy atom. The number of aromatic nitrogens is 2. The molecule has 1 aliphatic heterocycles. The molecule has 78 valence electrons. The predicted molar refractivity (Wildman–Crippen MR) is 64.5 cm³/mol. The first kappa shape index (κ1) is 8.22. The highest BCUT2D eigenvalue weighted by Gasteiger charge is 2.31. The van der Waals surface area contributed by atoms with Gasteiger partial charge in [-0.3, -0.25) is 9.36 Å². The van der Waals surface area contributed by atoms with E-state index in [0.717, 1.165) is 6.54 Å². The molecule has 0 aliphatic carbocycles. The summed E-state index contributed by atoms with van der Waals surface area (Å²) in [6.45, 7) is 1.11. The summed E-state index contributed by atoms with van der Waals surface area (Å²) >= 11 is 0. The molecule has 1 atom stereocenters. The summed E-state index contributed by atoms with van der Waals surface area (Å²) in [5, 5.41) is 0. The Morgan fingerprint density at radius 1 is 0.812 bits per heavy atom. The van der Waals surface area contributed by atoms with Gasteiger partial charge in [0.05, 0.1) is 23.6 Å². The highest BCUT2D eigenvalue weighted by molar-refractivity contribution is 5.79. The van der Waals surface area contributed by atoms with Gasteiger partial charge in [-0.15, -0.1) is 0 Å². The molecule has 2 nitrogen and oxygen atoms in total. The van der Waals surface area contributed by atoms with Crippen LogP contribution in [0.3, 0.4) is 0 Å². The highest BCUT2D eigenvalue weighted by Crippen LogP contribution is 2.37. The zero-order valence-electron chi connectivity index (χ0n) is 8.88. The van der Waals surface area contributed by atoms with Crippen LogP contribution in [0.1, 0.15) is 11.6 Å². The van der Waals surface area contributed by atoms with Gasteiger partial charge in [0.2, 0.25) is 0 Å². The molecule has 16 heavy (non-hydrogen) atoms. The molecular formula is C14H12N2. The third kappa shape index (κ3) is 0.871. The lowest BCUT2D eigenvalue weighted by atomic mass is 10.0. The second-order valence-electron chi connectivity index (χ2n) is 4.34. The van der Waals surface area contributed by atoms with Crippen molar-refractivity contribution in [3.8, 4) is 0 Å². The maximum atomic E-state index is 2.38. The normalized spacial score (nSPS) is 18.4. The van der Waals surface area contributed by atoms with Crippen LogP contribution in [-0.2, 0) is 6.54 Å². The van der Waals surface area contributed by atoms with Crippen molar-refractivity contribution < 1.29 is 0 Å². The van der Waals surface area contributed by atoms with Crippen molar-refractivity contribution in [2.45, 2.75) is 12.6 Å². The van der Waals surface area contributed by atoms with E-state index in [9.17, 15) is 0 Å². The molecule has 0 bridgehead atoms. The number of hydrogen-bond donors (Lipinski definition) is 0. The van der Waals surface area contributed by atoms with Gasteiger partial charge in [0.15, 0.2) is 0 Å². The van der Waals surface area contributed by atoms with Crippen molar-refractivity contribution in [3.05, 3.63) is 60.2 Å². The predicted octanol–water partition coefficient (Wildman–Crippen LogP) is 3.05. The number of hydrogen-bond acceptors (Lipinski definition) is 0. The lowest BCUT2D eigenvalue weighted by Gasteiger charge is -2.42. The molecule has 3 aromatic rings. The van der Waals surface area contributed by atoms with E-state index < -0.39 is 0 Å². The second-order valence-corrected chi connectivity index (χ2v) is 4.34. The quantitative estimate of drug-likeness (QED) is 0.581. The van der Waals surface area contributed by atoms with Crippen LogP contribution in [0.25, 0.3) is 11.0 Å². The van der Waals surface area contributed by atoms with E-state index in [2.05, 4.69) is 64.0 Å². The summed E-state index contributed by atoms with van der Waals surface area (Å²) in [5.41, 5.74) is 4.14. The lowest BCUT2D eigenvalue weighted by molar-refractivity contribution is 0.255. The van der Waals surface area contributed by atoms with E-state index in [-0.39, 0.29) is 0 Å². The maximum absolute atomic E-state index is 2.38. The number of nitrogens with zero attached hydrogens (tertiary/aromatic N) is 2. The molecule has 0 N–H and O–H groups in total. The van der Waals surface area contributed by atoms with E-state index in [0.29, 0.717) is 6.04 Å². The number of para-hydroxylation sites is 2.